The summed E-state index contributed by atoms with van der Waals surface area (Å²) in [4.78, 5) is 7.41. The number of hydrogen-bond acceptors (Lipinski definition) is 5. The van der Waals surface area contributed by atoms with E-state index in [1.54, 1.807) is 0 Å². The van der Waals surface area contributed by atoms with E-state index in [9.17, 15) is 0 Å². The Balaban J connectivity index is 0.00000341. The second-order valence-electron chi connectivity index (χ2n) is 8.25. The third-order valence-electron chi connectivity index (χ3n) is 5.98. The van der Waals surface area contributed by atoms with Crippen molar-refractivity contribution in [2.45, 2.75) is 38.3 Å². The number of nitrogens with zero attached hydrogens (tertiary/aromatic N) is 2. The molecule has 1 aromatic carbocycles. The minimum atomic E-state index is -0.0416. The molecule has 2 heterocycles. The van der Waals surface area contributed by atoms with Gasteiger partial charge in [0.25, 0.3) is 0 Å². The number of hydrogen-bond donors (Lipinski definition) is 3. The van der Waals surface area contributed by atoms with E-state index in [4.69, 9.17) is 14.5 Å². The number of benzene rings is 1. The number of ether oxygens (including phenoxy) is 2. The average Bonchev–Trinajstić information content (AvgIpc) is 2.79. The maximum absolute atomic E-state index is 5.66. The zero-order valence-corrected chi connectivity index (χ0v) is 21.4. The van der Waals surface area contributed by atoms with E-state index in [1.165, 1.54) is 5.56 Å². The molecular formula is C23H40IN5O2. The van der Waals surface area contributed by atoms with Gasteiger partial charge < -0.3 is 25.4 Å². The highest BCUT2D eigenvalue weighted by Gasteiger charge is 2.34. The predicted molar refractivity (Wildman–Crippen MR) is 137 cm³/mol. The smallest absolute Gasteiger partial charge is 0.191 e. The zero-order valence-electron chi connectivity index (χ0n) is 19.1. The second kappa shape index (κ2) is 14.3. The molecule has 0 spiro atoms. The SMILES string of the molecule is CCNC(=NCC1(NC(C)c2ccccc2)CCOCC1)NCCN1CCOCC1.I. The molecule has 0 radical (unpaired) electrons. The summed E-state index contributed by atoms with van der Waals surface area (Å²) in [5, 5.41) is 10.8. The number of morpholine rings is 1. The highest BCUT2D eigenvalue weighted by molar-refractivity contribution is 14.0. The molecule has 3 N–H and O–H groups in total. The molecule has 0 amide bonds. The van der Waals surface area contributed by atoms with Crippen LogP contribution in [0.4, 0.5) is 0 Å². The molecule has 176 valence electrons. The monoisotopic (exact) mass is 545 g/mol. The number of aliphatic imine (C=N–C) groups is 1. The van der Waals surface area contributed by atoms with Gasteiger partial charge in [-0.2, -0.15) is 0 Å². The molecule has 1 atom stereocenters. The number of halogens is 1. The van der Waals surface area contributed by atoms with Crippen LogP contribution in [0.3, 0.4) is 0 Å². The summed E-state index contributed by atoms with van der Waals surface area (Å²) in [5.41, 5.74) is 1.27. The fourth-order valence-corrected chi connectivity index (χ4v) is 4.12. The van der Waals surface area contributed by atoms with Gasteiger partial charge in [-0.1, -0.05) is 30.3 Å². The van der Waals surface area contributed by atoms with E-state index in [1.807, 2.05) is 0 Å². The first kappa shape index (κ1) is 26.3. The normalized spacial score (nSPS) is 20.5. The Bertz CT molecular complexity index is 634. The van der Waals surface area contributed by atoms with Crippen LogP contribution in [0.15, 0.2) is 35.3 Å². The molecule has 2 aliphatic heterocycles. The summed E-state index contributed by atoms with van der Waals surface area (Å²) >= 11 is 0. The van der Waals surface area contributed by atoms with Gasteiger partial charge in [-0.15, -0.1) is 24.0 Å². The lowest BCUT2D eigenvalue weighted by atomic mass is 9.88. The lowest BCUT2D eigenvalue weighted by Gasteiger charge is -2.39. The van der Waals surface area contributed by atoms with Gasteiger partial charge in [0.2, 0.25) is 0 Å². The van der Waals surface area contributed by atoms with Crippen molar-refractivity contribution in [3.63, 3.8) is 0 Å². The summed E-state index contributed by atoms with van der Waals surface area (Å²) in [6.07, 6.45) is 1.95. The second-order valence-corrected chi connectivity index (χ2v) is 8.25. The third-order valence-corrected chi connectivity index (χ3v) is 5.98. The van der Waals surface area contributed by atoms with Gasteiger partial charge in [-0.25, -0.2) is 0 Å². The van der Waals surface area contributed by atoms with Crippen LogP contribution in [-0.2, 0) is 9.47 Å². The van der Waals surface area contributed by atoms with Crippen molar-refractivity contribution >= 4 is 29.9 Å². The van der Waals surface area contributed by atoms with Crippen molar-refractivity contribution in [3.05, 3.63) is 35.9 Å². The number of rotatable bonds is 9. The minimum Gasteiger partial charge on any atom is -0.381 e. The van der Waals surface area contributed by atoms with Gasteiger partial charge >= 0.3 is 0 Å². The van der Waals surface area contributed by atoms with Crippen LogP contribution in [0.2, 0.25) is 0 Å². The Morgan fingerprint density at radius 3 is 2.42 bits per heavy atom. The van der Waals surface area contributed by atoms with Gasteiger partial charge in [-0.3, -0.25) is 9.89 Å². The molecule has 2 aliphatic rings. The largest absolute Gasteiger partial charge is 0.381 e. The highest BCUT2D eigenvalue weighted by atomic mass is 127. The van der Waals surface area contributed by atoms with E-state index < -0.39 is 0 Å². The standard InChI is InChI=1S/C23H39N5O2.HI/c1-3-24-22(25-11-12-28-13-17-30-18-14-28)26-19-23(9-15-29-16-10-23)27-20(2)21-7-5-4-6-8-21;/h4-8,20,27H,3,9-19H2,1-2H3,(H2,24,25,26);1H. The van der Waals surface area contributed by atoms with Crippen LogP contribution in [-0.4, -0.2) is 82.1 Å². The van der Waals surface area contributed by atoms with Gasteiger partial charge in [0.15, 0.2) is 5.96 Å². The number of guanidine groups is 1. The minimum absolute atomic E-state index is 0. The van der Waals surface area contributed by atoms with Gasteiger partial charge in [0, 0.05) is 57.5 Å². The number of nitrogens with one attached hydrogen (secondary N) is 3. The van der Waals surface area contributed by atoms with Crippen LogP contribution >= 0.6 is 24.0 Å². The third kappa shape index (κ3) is 8.84. The fraction of sp³-hybridized carbons (Fsp3) is 0.696. The van der Waals surface area contributed by atoms with Crippen molar-refractivity contribution in [2.75, 3.05) is 65.7 Å². The summed E-state index contributed by atoms with van der Waals surface area (Å²) in [7, 11) is 0. The van der Waals surface area contributed by atoms with E-state index in [0.29, 0.717) is 0 Å². The molecule has 2 saturated heterocycles. The van der Waals surface area contributed by atoms with Crippen molar-refractivity contribution in [2.24, 2.45) is 4.99 Å². The molecule has 0 bridgehead atoms. The van der Waals surface area contributed by atoms with E-state index >= 15 is 0 Å². The van der Waals surface area contributed by atoms with E-state index in [-0.39, 0.29) is 35.6 Å². The van der Waals surface area contributed by atoms with Crippen LogP contribution in [0, 0.1) is 0 Å². The van der Waals surface area contributed by atoms with Crippen molar-refractivity contribution in [3.8, 4) is 0 Å². The topological polar surface area (TPSA) is 70.2 Å². The Labute approximate surface area is 204 Å². The molecule has 31 heavy (non-hydrogen) atoms. The van der Waals surface area contributed by atoms with Crippen LogP contribution in [0.5, 0.6) is 0 Å². The lowest BCUT2D eigenvalue weighted by molar-refractivity contribution is 0.0372. The molecule has 1 aromatic rings. The van der Waals surface area contributed by atoms with Crippen LogP contribution in [0.1, 0.15) is 38.3 Å². The van der Waals surface area contributed by atoms with Crippen molar-refractivity contribution in [1.29, 1.82) is 0 Å². The summed E-state index contributed by atoms with van der Waals surface area (Å²) in [6, 6.07) is 10.9. The summed E-state index contributed by atoms with van der Waals surface area (Å²) < 4.78 is 11.1. The summed E-state index contributed by atoms with van der Waals surface area (Å²) in [5.74, 6) is 0.894. The van der Waals surface area contributed by atoms with Crippen molar-refractivity contribution in [1.82, 2.24) is 20.9 Å². The Morgan fingerprint density at radius 1 is 1.06 bits per heavy atom. The Morgan fingerprint density at radius 2 is 1.74 bits per heavy atom. The van der Waals surface area contributed by atoms with Crippen molar-refractivity contribution < 1.29 is 9.47 Å². The van der Waals surface area contributed by atoms with Crippen LogP contribution in [0.25, 0.3) is 0 Å². The van der Waals surface area contributed by atoms with Crippen LogP contribution < -0.4 is 16.0 Å². The first-order chi connectivity index (χ1) is 14.7. The molecule has 7 nitrogen and oxygen atoms in total. The Hall–Kier alpha value is -0.940. The summed E-state index contributed by atoms with van der Waals surface area (Å²) in [6.45, 7) is 13.1. The Kier molecular flexibility index (Phi) is 12.1. The van der Waals surface area contributed by atoms with Gasteiger partial charge in [0.05, 0.1) is 19.8 Å². The molecule has 0 aromatic heterocycles. The van der Waals surface area contributed by atoms with Gasteiger partial charge in [0.1, 0.15) is 0 Å². The average molecular weight is 546 g/mol. The molecule has 3 rings (SSSR count). The highest BCUT2D eigenvalue weighted by Crippen LogP contribution is 2.26. The van der Waals surface area contributed by atoms with E-state index in [2.05, 4.69) is 65.0 Å². The molecule has 1 unspecified atom stereocenters. The maximum Gasteiger partial charge on any atom is 0.191 e. The maximum atomic E-state index is 5.66. The zero-order chi connectivity index (χ0) is 21.1. The lowest BCUT2D eigenvalue weighted by Crippen LogP contribution is -2.53. The molecule has 0 aliphatic carbocycles. The molecule has 0 saturated carbocycles. The molecule has 8 heteroatoms. The predicted octanol–water partition coefficient (Wildman–Crippen LogP) is 2.39. The van der Waals surface area contributed by atoms with Gasteiger partial charge in [-0.05, 0) is 32.3 Å². The van der Waals surface area contributed by atoms with E-state index in [0.717, 1.165) is 84.5 Å². The molecule has 2 fully saturated rings. The quantitative estimate of drug-likeness (QED) is 0.252. The fourth-order valence-electron chi connectivity index (χ4n) is 4.12. The molecular weight excluding hydrogens is 505 g/mol. The first-order valence-corrected chi connectivity index (χ1v) is 11.4. The first-order valence-electron chi connectivity index (χ1n) is 11.4.